The highest BCUT2D eigenvalue weighted by atomic mass is 35.5. The third-order valence-corrected chi connectivity index (χ3v) is 5.49. The largest absolute Gasteiger partial charge is 0.369 e. The van der Waals surface area contributed by atoms with Crippen molar-refractivity contribution in [2.45, 2.75) is 38.6 Å². The van der Waals surface area contributed by atoms with Crippen molar-refractivity contribution in [1.29, 1.82) is 0 Å². The van der Waals surface area contributed by atoms with Crippen LogP contribution in [0.2, 0.25) is 5.02 Å². The zero-order valence-electron chi connectivity index (χ0n) is 15.6. The predicted molar refractivity (Wildman–Crippen MR) is 108 cm³/mol. The number of benzene rings is 2. The SMILES string of the molecule is C[C@H]1CC(C)(C)N(C)c2cc(Cl)c(/C=N\NC(=O)c3ccccc3)cc21. The molecule has 0 bridgehead atoms. The number of carbonyl (C=O) groups is 1. The number of rotatable bonds is 3. The minimum Gasteiger partial charge on any atom is -0.369 e. The summed E-state index contributed by atoms with van der Waals surface area (Å²) in [7, 11) is 2.11. The minimum atomic E-state index is -0.245. The number of fused-ring (bicyclic) bond motifs is 1. The molecule has 2 aromatic carbocycles. The molecule has 1 aliphatic heterocycles. The lowest BCUT2D eigenvalue weighted by Gasteiger charge is -2.45. The second kappa shape index (κ2) is 7.12. The normalized spacial score (nSPS) is 18.7. The van der Waals surface area contributed by atoms with E-state index in [2.05, 4.69) is 49.3 Å². The minimum absolute atomic E-state index is 0.0923. The van der Waals surface area contributed by atoms with E-state index in [-0.39, 0.29) is 11.4 Å². The van der Waals surface area contributed by atoms with Gasteiger partial charge in [-0.3, -0.25) is 4.79 Å². The second-order valence-corrected chi connectivity index (χ2v) is 7.88. The van der Waals surface area contributed by atoms with Gasteiger partial charge in [-0.05, 0) is 56.0 Å². The molecular weight excluding hydrogens is 346 g/mol. The molecule has 1 heterocycles. The molecule has 1 atom stereocenters. The molecule has 0 unspecified atom stereocenters. The number of hydrogen-bond donors (Lipinski definition) is 1. The predicted octanol–water partition coefficient (Wildman–Crippen LogP) is 4.83. The summed E-state index contributed by atoms with van der Waals surface area (Å²) >= 11 is 6.47. The molecule has 1 N–H and O–H groups in total. The summed E-state index contributed by atoms with van der Waals surface area (Å²) < 4.78 is 0. The number of halogens is 1. The average molecular weight is 370 g/mol. The van der Waals surface area contributed by atoms with E-state index in [4.69, 9.17) is 11.6 Å². The summed E-state index contributed by atoms with van der Waals surface area (Å²) in [6.07, 6.45) is 2.68. The highest BCUT2D eigenvalue weighted by Crippen LogP contribution is 2.44. The molecule has 1 aliphatic rings. The van der Waals surface area contributed by atoms with Crippen molar-refractivity contribution >= 4 is 29.4 Å². The van der Waals surface area contributed by atoms with Gasteiger partial charge in [0.15, 0.2) is 0 Å². The molecule has 0 aromatic heterocycles. The van der Waals surface area contributed by atoms with Gasteiger partial charge in [0.05, 0.1) is 11.2 Å². The van der Waals surface area contributed by atoms with Crippen LogP contribution in [0.5, 0.6) is 0 Å². The van der Waals surface area contributed by atoms with Gasteiger partial charge in [0.2, 0.25) is 0 Å². The molecule has 136 valence electrons. The molecule has 26 heavy (non-hydrogen) atoms. The summed E-state index contributed by atoms with van der Waals surface area (Å²) in [5.41, 5.74) is 6.43. The van der Waals surface area contributed by atoms with Gasteiger partial charge < -0.3 is 4.90 Å². The standard InChI is InChI=1S/C21H24ClN3O/c1-14-12-21(2,3)25(4)19-11-18(22)16(10-17(14)19)13-23-24-20(26)15-8-6-5-7-9-15/h5-11,13-14H,12H2,1-4H3,(H,24,26)/b23-13-/t14-/m0/s1. The van der Waals surface area contributed by atoms with E-state index >= 15 is 0 Å². The van der Waals surface area contributed by atoms with E-state index in [0.29, 0.717) is 16.5 Å². The first-order chi connectivity index (χ1) is 12.3. The van der Waals surface area contributed by atoms with Crippen molar-refractivity contribution in [1.82, 2.24) is 5.43 Å². The fourth-order valence-corrected chi connectivity index (χ4v) is 3.72. The Morgan fingerprint density at radius 3 is 2.69 bits per heavy atom. The Hall–Kier alpha value is -2.33. The van der Waals surface area contributed by atoms with Crippen molar-refractivity contribution in [2.24, 2.45) is 5.10 Å². The van der Waals surface area contributed by atoms with Gasteiger partial charge in [-0.1, -0.05) is 36.7 Å². The Morgan fingerprint density at radius 1 is 1.31 bits per heavy atom. The Balaban J connectivity index is 1.82. The lowest BCUT2D eigenvalue weighted by molar-refractivity contribution is 0.0955. The third-order valence-electron chi connectivity index (χ3n) is 5.16. The van der Waals surface area contributed by atoms with E-state index in [0.717, 1.165) is 17.7 Å². The molecule has 0 saturated carbocycles. The quantitative estimate of drug-likeness (QED) is 0.622. The van der Waals surface area contributed by atoms with Crippen LogP contribution in [-0.4, -0.2) is 24.7 Å². The topological polar surface area (TPSA) is 44.7 Å². The van der Waals surface area contributed by atoms with Crippen LogP contribution >= 0.6 is 11.6 Å². The van der Waals surface area contributed by atoms with Gasteiger partial charge in [0, 0.05) is 29.4 Å². The molecule has 3 rings (SSSR count). The lowest BCUT2D eigenvalue weighted by atomic mass is 9.80. The molecule has 0 spiro atoms. The number of anilines is 1. The van der Waals surface area contributed by atoms with E-state index < -0.39 is 0 Å². The zero-order chi connectivity index (χ0) is 18.9. The van der Waals surface area contributed by atoms with Crippen LogP contribution in [0.25, 0.3) is 0 Å². The first kappa shape index (κ1) is 18.5. The van der Waals surface area contributed by atoms with Crippen LogP contribution in [-0.2, 0) is 0 Å². The van der Waals surface area contributed by atoms with Crippen LogP contribution in [0.4, 0.5) is 5.69 Å². The van der Waals surface area contributed by atoms with E-state index in [1.54, 1.807) is 18.3 Å². The first-order valence-electron chi connectivity index (χ1n) is 8.75. The van der Waals surface area contributed by atoms with Gasteiger partial charge in [-0.25, -0.2) is 5.43 Å². The summed E-state index contributed by atoms with van der Waals surface area (Å²) in [5.74, 6) is 0.185. The van der Waals surface area contributed by atoms with Crippen molar-refractivity contribution < 1.29 is 4.79 Å². The first-order valence-corrected chi connectivity index (χ1v) is 9.13. The summed E-state index contributed by atoms with van der Waals surface area (Å²) in [5, 5.41) is 4.70. The van der Waals surface area contributed by atoms with Gasteiger partial charge in [0.25, 0.3) is 5.91 Å². The smallest absolute Gasteiger partial charge is 0.271 e. The van der Waals surface area contributed by atoms with Crippen LogP contribution in [0, 0.1) is 0 Å². The van der Waals surface area contributed by atoms with Gasteiger partial charge in [-0.15, -0.1) is 0 Å². The van der Waals surface area contributed by atoms with Crippen LogP contribution in [0.3, 0.4) is 0 Å². The Bertz CT molecular complexity index is 846. The van der Waals surface area contributed by atoms with Gasteiger partial charge in [0.1, 0.15) is 0 Å². The average Bonchev–Trinajstić information content (AvgIpc) is 2.61. The summed E-state index contributed by atoms with van der Waals surface area (Å²) in [6.45, 7) is 6.73. The van der Waals surface area contributed by atoms with Crippen molar-refractivity contribution in [3.63, 3.8) is 0 Å². The number of carbonyl (C=O) groups excluding carboxylic acids is 1. The zero-order valence-corrected chi connectivity index (χ0v) is 16.3. The highest BCUT2D eigenvalue weighted by Gasteiger charge is 2.34. The summed E-state index contributed by atoms with van der Waals surface area (Å²) in [4.78, 5) is 14.3. The van der Waals surface area contributed by atoms with Crippen molar-refractivity contribution in [3.8, 4) is 0 Å². The van der Waals surface area contributed by atoms with Crippen molar-refractivity contribution in [2.75, 3.05) is 11.9 Å². The second-order valence-electron chi connectivity index (χ2n) is 7.47. The molecule has 1 amide bonds. The molecule has 0 fully saturated rings. The van der Waals surface area contributed by atoms with Crippen LogP contribution < -0.4 is 10.3 Å². The highest BCUT2D eigenvalue weighted by molar-refractivity contribution is 6.33. The van der Waals surface area contributed by atoms with Crippen LogP contribution in [0.15, 0.2) is 47.6 Å². The van der Waals surface area contributed by atoms with Gasteiger partial charge in [-0.2, -0.15) is 5.10 Å². The Labute approximate surface area is 159 Å². The van der Waals surface area contributed by atoms with E-state index in [9.17, 15) is 4.79 Å². The fraction of sp³-hybridized carbons (Fsp3) is 0.333. The molecule has 5 heteroatoms. The Morgan fingerprint density at radius 2 is 2.00 bits per heavy atom. The molecular formula is C21H24ClN3O. The molecule has 0 radical (unpaired) electrons. The number of hydrogen-bond acceptors (Lipinski definition) is 3. The number of amides is 1. The summed E-state index contributed by atoms with van der Waals surface area (Å²) in [6, 6.07) is 13.1. The fourth-order valence-electron chi connectivity index (χ4n) is 3.52. The molecule has 0 aliphatic carbocycles. The lowest BCUT2D eigenvalue weighted by Crippen LogP contribution is -2.45. The third kappa shape index (κ3) is 3.61. The van der Waals surface area contributed by atoms with Crippen LogP contribution in [0.1, 0.15) is 54.6 Å². The maximum Gasteiger partial charge on any atom is 0.271 e. The molecule has 4 nitrogen and oxygen atoms in total. The maximum absolute atomic E-state index is 12.1. The number of nitrogens with zero attached hydrogens (tertiary/aromatic N) is 2. The number of hydrazone groups is 1. The monoisotopic (exact) mass is 369 g/mol. The molecule has 0 saturated heterocycles. The van der Waals surface area contributed by atoms with E-state index in [1.807, 2.05) is 24.3 Å². The Kier molecular flexibility index (Phi) is 5.05. The molecule has 2 aromatic rings. The number of nitrogens with one attached hydrogen (secondary N) is 1. The van der Waals surface area contributed by atoms with E-state index in [1.165, 1.54) is 5.56 Å². The van der Waals surface area contributed by atoms with Crippen molar-refractivity contribution in [3.05, 3.63) is 64.2 Å². The maximum atomic E-state index is 12.1. The van der Waals surface area contributed by atoms with Gasteiger partial charge >= 0.3 is 0 Å².